The molecule has 1 aromatic rings. The molecule has 0 atom stereocenters. The van der Waals surface area contributed by atoms with Crippen molar-refractivity contribution in [2.75, 3.05) is 18.6 Å². The summed E-state index contributed by atoms with van der Waals surface area (Å²) in [5.74, 6) is -0.0651. The molecule has 0 aromatic heterocycles. The van der Waals surface area contributed by atoms with Gasteiger partial charge in [0.1, 0.15) is 0 Å². The number of hydrogen-bond donors (Lipinski definition) is 0. The van der Waals surface area contributed by atoms with Gasteiger partial charge in [-0.15, -0.1) is 0 Å². The van der Waals surface area contributed by atoms with E-state index in [1.807, 2.05) is 37.3 Å². The van der Waals surface area contributed by atoms with Gasteiger partial charge in [-0.2, -0.15) is 0 Å². The molecule has 0 aliphatic carbocycles. The Morgan fingerprint density at radius 2 is 2.00 bits per heavy atom. The first-order valence-corrected chi connectivity index (χ1v) is 5.53. The molecular formula is C12H15NO2S. The topological polar surface area (TPSA) is 29.5 Å². The first-order valence-electron chi connectivity index (χ1n) is 5.12. The van der Waals surface area contributed by atoms with Gasteiger partial charge in [0.15, 0.2) is 5.05 Å². The normalized spacial score (nSPS) is 9.62. The van der Waals surface area contributed by atoms with Gasteiger partial charge >= 0.3 is 0 Å². The smallest absolute Gasteiger partial charge is 0.235 e. The Morgan fingerprint density at radius 3 is 2.56 bits per heavy atom. The van der Waals surface area contributed by atoms with E-state index in [-0.39, 0.29) is 12.3 Å². The molecule has 0 radical (unpaired) electrons. The second kappa shape index (κ2) is 6.23. The van der Waals surface area contributed by atoms with E-state index in [0.29, 0.717) is 11.7 Å². The van der Waals surface area contributed by atoms with E-state index in [1.165, 1.54) is 0 Å². The Hall–Kier alpha value is -1.42. The molecule has 0 heterocycles. The third-order valence-electron chi connectivity index (χ3n) is 2.12. The van der Waals surface area contributed by atoms with Crippen LogP contribution in [0.5, 0.6) is 0 Å². The molecule has 3 nitrogen and oxygen atoms in total. The van der Waals surface area contributed by atoms with Crippen molar-refractivity contribution < 1.29 is 9.53 Å². The molecule has 0 aliphatic heterocycles. The highest BCUT2D eigenvalue weighted by Crippen LogP contribution is 2.12. The zero-order valence-electron chi connectivity index (χ0n) is 9.47. The van der Waals surface area contributed by atoms with Crippen LogP contribution in [-0.4, -0.2) is 24.6 Å². The van der Waals surface area contributed by atoms with Gasteiger partial charge < -0.3 is 9.64 Å². The zero-order chi connectivity index (χ0) is 12.0. The molecular weight excluding hydrogens is 222 g/mol. The van der Waals surface area contributed by atoms with E-state index in [2.05, 4.69) is 0 Å². The maximum atomic E-state index is 11.8. The lowest BCUT2D eigenvalue weighted by Crippen LogP contribution is -2.28. The number of benzene rings is 1. The molecule has 16 heavy (non-hydrogen) atoms. The Balaban J connectivity index is 2.58. The van der Waals surface area contributed by atoms with Crippen LogP contribution in [0.1, 0.15) is 13.3 Å². The molecule has 0 fully saturated rings. The molecule has 0 saturated heterocycles. The molecule has 1 amide bonds. The number of carbonyl (C=O) groups excluding carboxylic acids is 1. The first-order chi connectivity index (χ1) is 7.65. The Morgan fingerprint density at radius 1 is 1.38 bits per heavy atom. The molecule has 0 spiro atoms. The van der Waals surface area contributed by atoms with E-state index in [9.17, 15) is 4.79 Å². The van der Waals surface area contributed by atoms with Crippen molar-refractivity contribution in [2.45, 2.75) is 13.3 Å². The minimum atomic E-state index is -0.0651. The molecule has 4 heteroatoms. The van der Waals surface area contributed by atoms with Crippen molar-refractivity contribution >= 4 is 28.9 Å². The van der Waals surface area contributed by atoms with Crippen LogP contribution in [-0.2, 0) is 9.53 Å². The first kappa shape index (κ1) is 12.6. The molecule has 0 saturated carbocycles. The van der Waals surface area contributed by atoms with Gasteiger partial charge in [-0.25, -0.2) is 0 Å². The van der Waals surface area contributed by atoms with Crippen molar-refractivity contribution in [3.05, 3.63) is 30.3 Å². The quantitative estimate of drug-likeness (QED) is 0.753. The van der Waals surface area contributed by atoms with Crippen molar-refractivity contribution in [3.63, 3.8) is 0 Å². The number of hydrogen-bond acceptors (Lipinski definition) is 3. The average Bonchev–Trinajstić information content (AvgIpc) is 2.29. The summed E-state index contributed by atoms with van der Waals surface area (Å²) in [5.41, 5.74) is 0.854. The van der Waals surface area contributed by atoms with E-state index >= 15 is 0 Å². The number of nitrogens with zero attached hydrogens (tertiary/aromatic N) is 1. The van der Waals surface area contributed by atoms with Crippen LogP contribution in [0.15, 0.2) is 30.3 Å². The number of anilines is 1. The summed E-state index contributed by atoms with van der Waals surface area (Å²) in [5, 5.41) is 0.343. The zero-order valence-corrected chi connectivity index (χ0v) is 10.3. The molecule has 0 unspecified atom stereocenters. The van der Waals surface area contributed by atoms with Crippen molar-refractivity contribution in [1.29, 1.82) is 0 Å². The van der Waals surface area contributed by atoms with Gasteiger partial charge in [0, 0.05) is 12.7 Å². The van der Waals surface area contributed by atoms with Crippen LogP contribution in [0.4, 0.5) is 5.69 Å². The molecule has 0 bridgehead atoms. The Labute approximate surface area is 101 Å². The van der Waals surface area contributed by atoms with Crippen molar-refractivity contribution in [1.82, 2.24) is 0 Å². The highest BCUT2D eigenvalue weighted by atomic mass is 32.1. The molecule has 86 valence electrons. The lowest BCUT2D eigenvalue weighted by Gasteiger charge is -2.17. The van der Waals surface area contributed by atoms with Gasteiger partial charge in [0.25, 0.3) is 0 Å². The average molecular weight is 237 g/mol. The van der Waals surface area contributed by atoms with Crippen LogP contribution in [0.25, 0.3) is 0 Å². The standard InChI is InChI=1S/C12H15NO2S/c1-3-15-12(16)9-11(14)13(2)10-7-5-4-6-8-10/h4-8H,3,9H2,1-2H3. The summed E-state index contributed by atoms with van der Waals surface area (Å²) in [4.78, 5) is 13.4. The van der Waals surface area contributed by atoms with Crippen LogP contribution in [0.2, 0.25) is 0 Å². The number of carbonyl (C=O) groups is 1. The Kier molecular flexibility index (Phi) is 4.92. The van der Waals surface area contributed by atoms with Crippen LogP contribution < -0.4 is 4.90 Å². The summed E-state index contributed by atoms with van der Waals surface area (Å²) >= 11 is 4.93. The van der Waals surface area contributed by atoms with Gasteiger partial charge in [0.05, 0.1) is 13.0 Å². The Bertz CT molecular complexity index is 365. The maximum absolute atomic E-state index is 11.8. The predicted octanol–water partition coefficient (Wildman–Crippen LogP) is 2.40. The van der Waals surface area contributed by atoms with Crippen LogP contribution in [0, 0.1) is 0 Å². The van der Waals surface area contributed by atoms with E-state index in [1.54, 1.807) is 11.9 Å². The number of ether oxygens (including phenoxy) is 1. The second-order valence-corrected chi connectivity index (χ2v) is 3.73. The summed E-state index contributed by atoms with van der Waals surface area (Å²) in [6, 6.07) is 9.44. The molecule has 0 aliphatic rings. The lowest BCUT2D eigenvalue weighted by atomic mass is 10.3. The number of rotatable bonds is 4. The number of para-hydroxylation sites is 1. The van der Waals surface area contributed by atoms with E-state index < -0.39 is 0 Å². The number of amides is 1. The third-order valence-corrected chi connectivity index (χ3v) is 2.38. The monoisotopic (exact) mass is 237 g/mol. The fourth-order valence-electron chi connectivity index (χ4n) is 1.25. The summed E-state index contributed by atoms with van der Waals surface area (Å²) in [6.45, 7) is 2.35. The SMILES string of the molecule is CCOC(=S)CC(=O)N(C)c1ccccc1. The van der Waals surface area contributed by atoms with Gasteiger partial charge in [-0.05, 0) is 31.3 Å². The second-order valence-electron chi connectivity index (χ2n) is 3.27. The fraction of sp³-hybridized carbons (Fsp3) is 0.333. The fourth-order valence-corrected chi connectivity index (χ4v) is 1.49. The van der Waals surface area contributed by atoms with Crippen LogP contribution >= 0.6 is 12.2 Å². The summed E-state index contributed by atoms with van der Waals surface area (Å²) in [6.07, 6.45) is 0.147. The van der Waals surface area contributed by atoms with Crippen molar-refractivity contribution in [2.24, 2.45) is 0 Å². The van der Waals surface area contributed by atoms with E-state index in [4.69, 9.17) is 17.0 Å². The third kappa shape index (κ3) is 3.62. The largest absolute Gasteiger partial charge is 0.487 e. The van der Waals surface area contributed by atoms with Crippen LogP contribution in [0.3, 0.4) is 0 Å². The van der Waals surface area contributed by atoms with Crippen molar-refractivity contribution in [3.8, 4) is 0 Å². The predicted molar refractivity (Wildman–Crippen MR) is 68.7 cm³/mol. The van der Waals surface area contributed by atoms with E-state index in [0.717, 1.165) is 5.69 Å². The molecule has 1 aromatic carbocycles. The maximum Gasteiger partial charge on any atom is 0.235 e. The molecule has 1 rings (SSSR count). The minimum Gasteiger partial charge on any atom is -0.487 e. The summed E-state index contributed by atoms with van der Waals surface area (Å²) in [7, 11) is 1.73. The highest BCUT2D eigenvalue weighted by Gasteiger charge is 2.13. The van der Waals surface area contributed by atoms with Gasteiger partial charge in [-0.1, -0.05) is 18.2 Å². The highest BCUT2D eigenvalue weighted by molar-refractivity contribution is 7.80. The van der Waals surface area contributed by atoms with Gasteiger partial charge in [-0.3, -0.25) is 4.79 Å². The van der Waals surface area contributed by atoms with Gasteiger partial charge in [0.2, 0.25) is 5.91 Å². The summed E-state index contributed by atoms with van der Waals surface area (Å²) < 4.78 is 5.08. The minimum absolute atomic E-state index is 0.0651. The molecule has 0 N–H and O–H groups in total. The number of thiocarbonyl (C=S) groups is 1. The lowest BCUT2D eigenvalue weighted by molar-refractivity contribution is -0.117.